The van der Waals surface area contributed by atoms with Crippen molar-refractivity contribution in [3.8, 4) is 11.5 Å². The Morgan fingerprint density at radius 3 is 2.48 bits per heavy atom. The number of aryl methyl sites for hydroxylation is 1. The SMILES string of the molecule is CCOc1cc(/C=C2/C(=O)NC(=O)N(c3cccc(Cl)c3C)C2=O)ccc1OCC(=O)Nc1cccc(C)c1C. The van der Waals surface area contributed by atoms with Crippen LogP contribution in [0, 0.1) is 20.8 Å². The van der Waals surface area contributed by atoms with E-state index in [1.807, 2.05) is 32.0 Å². The minimum Gasteiger partial charge on any atom is -0.490 e. The average molecular weight is 562 g/mol. The molecule has 0 aliphatic carbocycles. The summed E-state index contributed by atoms with van der Waals surface area (Å²) in [7, 11) is 0. The molecule has 1 saturated heterocycles. The van der Waals surface area contributed by atoms with Gasteiger partial charge in [0, 0.05) is 10.7 Å². The fraction of sp³-hybridized carbons (Fsp3) is 0.200. The highest BCUT2D eigenvalue weighted by molar-refractivity contribution is 6.40. The number of barbiturate groups is 1. The Balaban J connectivity index is 1.56. The molecule has 0 radical (unpaired) electrons. The van der Waals surface area contributed by atoms with Gasteiger partial charge in [0.25, 0.3) is 17.7 Å². The number of nitrogens with one attached hydrogen (secondary N) is 2. The van der Waals surface area contributed by atoms with Crippen LogP contribution in [0.4, 0.5) is 16.2 Å². The Labute approximate surface area is 236 Å². The molecule has 0 aromatic heterocycles. The Hall–Kier alpha value is -4.63. The number of carbonyl (C=O) groups excluding carboxylic acids is 4. The summed E-state index contributed by atoms with van der Waals surface area (Å²) in [5.74, 6) is -1.33. The predicted molar refractivity (Wildman–Crippen MR) is 153 cm³/mol. The number of nitrogens with zero attached hydrogens (tertiary/aromatic N) is 1. The van der Waals surface area contributed by atoms with Gasteiger partial charge in [0.2, 0.25) is 0 Å². The highest BCUT2D eigenvalue weighted by Crippen LogP contribution is 2.32. The molecule has 0 unspecified atom stereocenters. The maximum Gasteiger partial charge on any atom is 0.335 e. The van der Waals surface area contributed by atoms with Crippen molar-refractivity contribution < 1.29 is 28.7 Å². The van der Waals surface area contributed by atoms with Gasteiger partial charge in [0.15, 0.2) is 18.1 Å². The summed E-state index contributed by atoms with van der Waals surface area (Å²) in [6.45, 7) is 7.40. The van der Waals surface area contributed by atoms with Crippen LogP contribution in [0.1, 0.15) is 29.2 Å². The number of benzene rings is 3. The number of ether oxygens (including phenoxy) is 2. The molecule has 5 amide bonds. The first-order chi connectivity index (χ1) is 19.1. The van der Waals surface area contributed by atoms with Gasteiger partial charge in [-0.2, -0.15) is 0 Å². The van der Waals surface area contributed by atoms with Gasteiger partial charge in [-0.15, -0.1) is 0 Å². The number of rotatable bonds is 8. The molecule has 3 aromatic carbocycles. The maximum absolute atomic E-state index is 13.3. The Morgan fingerprint density at radius 2 is 1.73 bits per heavy atom. The molecule has 1 fully saturated rings. The highest BCUT2D eigenvalue weighted by Gasteiger charge is 2.37. The van der Waals surface area contributed by atoms with Gasteiger partial charge in [0.1, 0.15) is 5.57 Å². The van der Waals surface area contributed by atoms with Gasteiger partial charge in [-0.1, -0.05) is 35.9 Å². The second kappa shape index (κ2) is 12.0. The van der Waals surface area contributed by atoms with Crippen LogP contribution in [-0.2, 0) is 14.4 Å². The molecule has 1 aliphatic heterocycles. The molecule has 9 nitrogen and oxygen atoms in total. The lowest BCUT2D eigenvalue weighted by Gasteiger charge is -2.27. The first-order valence-corrected chi connectivity index (χ1v) is 12.9. The third kappa shape index (κ3) is 6.00. The molecule has 2 N–H and O–H groups in total. The fourth-order valence-electron chi connectivity index (χ4n) is 4.10. The number of amides is 5. The number of carbonyl (C=O) groups is 4. The molecular weight excluding hydrogens is 534 g/mol. The van der Waals surface area contributed by atoms with Crippen LogP contribution in [0.3, 0.4) is 0 Å². The minimum atomic E-state index is -0.865. The number of imide groups is 2. The van der Waals surface area contributed by atoms with E-state index >= 15 is 0 Å². The summed E-state index contributed by atoms with van der Waals surface area (Å²) in [5, 5.41) is 5.42. The second-order valence-corrected chi connectivity index (χ2v) is 9.47. The minimum absolute atomic E-state index is 0.247. The Bertz CT molecular complexity index is 1550. The predicted octanol–water partition coefficient (Wildman–Crippen LogP) is 5.35. The van der Waals surface area contributed by atoms with Crippen molar-refractivity contribution in [2.75, 3.05) is 23.4 Å². The van der Waals surface area contributed by atoms with E-state index in [1.165, 1.54) is 6.08 Å². The number of hydrogen-bond donors (Lipinski definition) is 2. The molecule has 0 atom stereocenters. The normalized spacial score (nSPS) is 14.3. The van der Waals surface area contributed by atoms with Crippen molar-refractivity contribution in [2.24, 2.45) is 0 Å². The van der Waals surface area contributed by atoms with Crippen LogP contribution >= 0.6 is 11.6 Å². The van der Waals surface area contributed by atoms with E-state index in [2.05, 4.69) is 10.6 Å². The molecule has 0 spiro atoms. The number of halogens is 1. The van der Waals surface area contributed by atoms with E-state index in [0.717, 1.165) is 16.0 Å². The summed E-state index contributed by atoms with van der Waals surface area (Å²) in [5.41, 5.74) is 3.72. The molecule has 0 saturated carbocycles. The molecular formula is C30H28ClN3O6. The van der Waals surface area contributed by atoms with E-state index in [9.17, 15) is 19.2 Å². The standard InChI is InChI=1S/C30H28ClN3O6/c1-5-39-26-15-20(12-13-25(26)40-16-27(35)32-23-10-6-8-17(2)18(23)3)14-21-28(36)33-30(38)34(29(21)37)24-11-7-9-22(31)19(24)4/h6-15H,5,16H2,1-4H3,(H,32,35)(H,33,36,38)/b21-14-. The second-order valence-electron chi connectivity index (χ2n) is 9.07. The zero-order valence-electron chi connectivity index (χ0n) is 22.5. The average Bonchev–Trinajstić information content (AvgIpc) is 2.91. The highest BCUT2D eigenvalue weighted by atomic mass is 35.5. The van der Waals surface area contributed by atoms with E-state index < -0.39 is 17.8 Å². The molecule has 4 rings (SSSR count). The van der Waals surface area contributed by atoms with Gasteiger partial charge >= 0.3 is 6.03 Å². The van der Waals surface area contributed by atoms with Crippen molar-refractivity contribution in [1.82, 2.24) is 5.32 Å². The molecule has 0 bridgehead atoms. The summed E-state index contributed by atoms with van der Waals surface area (Å²) < 4.78 is 11.4. The first-order valence-electron chi connectivity index (χ1n) is 12.5. The van der Waals surface area contributed by atoms with E-state index in [1.54, 1.807) is 50.2 Å². The van der Waals surface area contributed by atoms with Crippen molar-refractivity contribution in [1.29, 1.82) is 0 Å². The van der Waals surface area contributed by atoms with Gasteiger partial charge < -0.3 is 14.8 Å². The molecule has 40 heavy (non-hydrogen) atoms. The number of anilines is 2. The summed E-state index contributed by atoms with van der Waals surface area (Å²) in [6.07, 6.45) is 1.36. The van der Waals surface area contributed by atoms with Crippen molar-refractivity contribution in [3.05, 3.63) is 87.4 Å². The summed E-state index contributed by atoms with van der Waals surface area (Å²) in [6, 6.07) is 14.4. The van der Waals surface area contributed by atoms with Crippen molar-refractivity contribution >= 4 is 52.8 Å². The largest absolute Gasteiger partial charge is 0.490 e. The van der Waals surface area contributed by atoms with E-state index in [0.29, 0.717) is 39.9 Å². The molecule has 206 valence electrons. The zero-order chi connectivity index (χ0) is 29.0. The van der Waals surface area contributed by atoms with Crippen LogP contribution in [0.15, 0.2) is 60.2 Å². The number of hydrogen-bond acceptors (Lipinski definition) is 6. The molecule has 1 heterocycles. The lowest BCUT2D eigenvalue weighted by Crippen LogP contribution is -2.54. The molecule has 3 aromatic rings. The summed E-state index contributed by atoms with van der Waals surface area (Å²) >= 11 is 6.18. The van der Waals surface area contributed by atoms with Gasteiger partial charge in [-0.3, -0.25) is 19.7 Å². The van der Waals surface area contributed by atoms with Crippen LogP contribution in [0.25, 0.3) is 6.08 Å². The first kappa shape index (κ1) is 28.4. The van der Waals surface area contributed by atoms with Gasteiger partial charge in [0.05, 0.1) is 12.3 Å². The molecule has 1 aliphatic rings. The van der Waals surface area contributed by atoms with E-state index in [-0.39, 0.29) is 23.8 Å². The zero-order valence-corrected chi connectivity index (χ0v) is 23.2. The lowest BCUT2D eigenvalue weighted by atomic mass is 10.1. The Morgan fingerprint density at radius 1 is 0.975 bits per heavy atom. The van der Waals surface area contributed by atoms with Gasteiger partial charge in [-0.25, -0.2) is 9.69 Å². The van der Waals surface area contributed by atoms with Crippen molar-refractivity contribution in [3.63, 3.8) is 0 Å². The van der Waals surface area contributed by atoms with E-state index in [4.69, 9.17) is 21.1 Å². The van der Waals surface area contributed by atoms with Crippen molar-refractivity contribution in [2.45, 2.75) is 27.7 Å². The maximum atomic E-state index is 13.3. The molecule has 10 heteroatoms. The monoisotopic (exact) mass is 561 g/mol. The van der Waals surface area contributed by atoms with Crippen LogP contribution < -0.4 is 25.0 Å². The van der Waals surface area contributed by atoms with Gasteiger partial charge in [-0.05, 0) is 86.4 Å². The third-order valence-electron chi connectivity index (χ3n) is 6.40. The van der Waals surface area contributed by atoms with Crippen LogP contribution in [0.5, 0.6) is 11.5 Å². The number of urea groups is 1. The van der Waals surface area contributed by atoms with Crippen LogP contribution in [0.2, 0.25) is 5.02 Å². The lowest BCUT2D eigenvalue weighted by molar-refractivity contribution is -0.122. The van der Waals surface area contributed by atoms with Crippen LogP contribution in [-0.4, -0.2) is 37.0 Å². The topological polar surface area (TPSA) is 114 Å². The summed E-state index contributed by atoms with van der Waals surface area (Å²) in [4.78, 5) is 51.9. The Kier molecular flexibility index (Phi) is 8.55. The fourth-order valence-corrected chi connectivity index (χ4v) is 4.27. The third-order valence-corrected chi connectivity index (χ3v) is 6.81. The quantitative estimate of drug-likeness (QED) is 0.283. The smallest absolute Gasteiger partial charge is 0.335 e.